The van der Waals surface area contributed by atoms with Crippen molar-refractivity contribution >= 4 is 38.4 Å². The predicted octanol–water partition coefficient (Wildman–Crippen LogP) is 2.69. The lowest BCUT2D eigenvalue weighted by Crippen LogP contribution is -2.12. The first-order valence-corrected chi connectivity index (χ1v) is 5.78. The highest BCUT2D eigenvalue weighted by Crippen LogP contribution is 2.21. The number of nitrogens with zero attached hydrogens (tertiary/aromatic N) is 2. The Balaban J connectivity index is 2.24. The fourth-order valence-electron chi connectivity index (χ4n) is 1.08. The lowest BCUT2D eigenvalue weighted by molar-refractivity contribution is 0.102. The molecule has 82 valence electrons. The number of carbonyl (C=O) groups excluding carboxylic acids is 1. The van der Waals surface area contributed by atoms with Crippen molar-refractivity contribution in [3.63, 3.8) is 0 Å². The maximum absolute atomic E-state index is 13.2. The standard InChI is InChI=1S/C9H5BrFN3OS/c10-8-5(2-1-3-6(8)11)9(15)13-7-4-12-14-16-7/h1-4H,(H,13,15). The van der Waals surface area contributed by atoms with Gasteiger partial charge in [-0.3, -0.25) is 4.79 Å². The number of amides is 1. The van der Waals surface area contributed by atoms with Crippen LogP contribution in [0.15, 0.2) is 28.9 Å². The van der Waals surface area contributed by atoms with Crippen molar-refractivity contribution in [2.75, 3.05) is 5.32 Å². The molecule has 4 nitrogen and oxygen atoms in total. The molecule has 2 aromatic rings. The summed E-state index contributed by atoms with van der Waals surface area (Å²) in [6.07, 6.45) is 1.43. The zero-order chi connectivity index (χ0) is 11.5. The van der Waals surface area contributed by atoms with Gasteiger partial charge in [-0.2, -0.15) is 0 Å². The van der Waals surface area contributed by atoms with Crippen LogP contribution in [0.2, 0.25) is 0 Å². The first-order chi connectivity index (χ1) is 7.68. The predicted molar refractivity (Wildman–Crippen MR) is 62.0 cm³/mol. The van der Waals surface area contributed by atoms with Crippen LogP contribution in [0.1, 0.15) is 10.4 Å². The van der Waals surface area contributed by atoms with E-state index in [1.807, 2.05) is 0 Å². The molecule has 16 heavy (non-hydrogen) atoms. The van der Waals surface area contributed by atoms with E-state index in [0.29, 0.717) is 5.00 Å². The van der Waals surface area contributed by atoms with Gasteiger partial charge < -0.3 is 5.32 Å². The molecule has 0 fully saturated rings. The molecule has 0 aliphatic heterocycles. The molecule has 0 saturated heterocycles. The zero-order valence-corrected chi connectivity index (χ0v) is 10.2. The van der Waals surface area contributed by atoms with Crippen LogP contribution < -0.4 is 5.32 Å². The van der Waals surface area contributed by atoms with Crippen molar-refractivity contribution in [3.05, 3.63) is 40.2 Å². The number of aromatic nitrogens is 2. The minimum atomic E-state index is -0.477. The van der Waals surface area contributed by atoms with Crippen molar-refractivity contribution in [2.45, 2.75) is 0 Å². The van der Waals surface area contributed by atoms with Gasteiger partial charge in [0.2, 0.25) is 0 Å². The molecule has 0 spiro atoms. The Labute approximate surface area is 103 Å². The molecule has 1 amide bonds. The highest BCUT2D eigenvalue weighted by Gasteiger charge is 2.13. The van der Waals surface area contributed by atoms with Gasteiger partial charge in [0.1, 0.15) is 10.8 Å². The van der Waals surface area contributed by atoms with Crippen molar-refractivity contribution in [1.82, 2.24) is 9.59 Å². The highest BCUT2D eigenvalue weighted by atomic mass is 79.9. The van der Waals surface area contributed by atoms with Gasteiger partial charge in [-0.05, 0) is 28.1 Å². The summed E-state index contributed by atoms with van der Waals surface area (Å²) in [5.74, 6) is -0.882. The summed E-state index contributed by atoms with van der Waals surface area (Å²) in [7, 11) is 0. The Hall–Kier alpha value is -1.34. The van der Waals surface area contributed by atoms with E-state index in [9.17, 15) is 9.18 Å². The van der Waals surface area contributed by atoms with Gasteiger partial charge in [0.05, 0.1) is 16.2 Å². The molecule has 0 aliphatic rings. The topological polar surface area (TPSA) is 54.9 Å². The number of hydrogen-bond donors (Lipinski definition) is 1. The van der Waals surface area contributed by atoms with Gasteiger partial charge in [-0.25, -0.2) is 4.39 Å². The molecule has 0 bridgehead atoms. The Bertz CT molecular complexity index is 517. The fourth-order valence-corrected chi connectivity index (χ4v) is 1.94. The Morgan fingerprint density at radius 3 is 3.00 bits per heavy atom. The summed E-state index contributed by atoms with van der Waals surface area (Å²) >= 11 is 4.08. The Morgan fingerprint density at radius 2 is 2.31 bits per heavy atom. The van der Waals surface area contributed by atoms with E-state index >= 15 is 0 Å². The zero-order valence-electron chi connectivity index (χ0n) is 7.78. The summed E-state index contributed by atoms with van der Waals surface area (Å²) in [6, 6.07) is 4.27. The quantitative estimate of drug-likeness (QED) is 0.928. The number of halogens is 2. The van der Waals surface area contributed by atoms with Crippen LogP contribution in [0.3, 0.4) is 0 Å². The second kappa shape index (κ2) is 4.67. The van der Waals surface area contributed by atoms with Gasteiger partial charge in [-0.15, -0.1) is 5.10 Å². The molecule has 1 N–H and O–H groups in total. The van der Waals surface area contributed by atoms with Crippen LogP contribution in [0.4, 0.5) is 9.39 Å². The number of hydrogen-bond acceptors (Lipinski definition) is 4. The minimum Gasteiger partial charge on any atom is -0.311 e. The largest absolute Gasteiger partial charge is 0.311 e. The normalized spacial score (nSPS) is 10.1. The third-order valence-electron chi connectivity index (χ3n) is 1.79. The molecule has 0 radical (unpaired) electrons. The molecule has 1 aromatic carbocycles. The van der Waals surface area contributed by atoms with E-state index in [0.717, 1.165) is 11.5 Å². The monoisotopic (exact) mass is 301 g/mol. The van der Waals surface area contributed by atoms with E-state index in [1.54, 1.807) is 0 Å². The second-order valence-corrected chi connectivity index (χ2v) is 4.42. The molecule has 0 saturated carbocycles. The lowest BCUT2D eigenvalue weighted by Gasteiger charge is -2.04. The Morgan fingerprint density at radius 1 is 1.50 bits per heavy atom. The van der Waals surface area contributed by atoms with Crippen LogP contribution in [-0.4, -0.2) is 15.5 Å². The average molecular weight is 302 g/mol. The third-order valence-corrected chi connectivity index (χ3v) is 3.18. The number of benzene rings is 1. The third kappa shape index (κ3) is 2.25. The number of rotatable bonds is 2. The van der Waals surface area contributed by atoms with E-state index in [2.05, 4.69) is 30.8 Å². The van der Waals surface area contributed by atoms with Crippen molar-refractivity contribution in [2.24, 2.45) is 0 Å². The SMILES string of the molecule is O=C(Nc1cnns1)c1cccc(F)c1Br. The van der Waals surface area contributed by atoms with E-state index < -0.39 is 11.7 Å². The molecule has 1 aromatic heterocycles. The molecule has 1 heterocycles. The summed E-state index contributed by atoms with van der Waals surface area (Å²) in [5.41, 5.74) is 0.230. The molecule has 0 unspecified atom stereocenters. The van der Waals surface area contributed by atoms with Crippen LogP contribution >= 0.6 is 27.5 Å². The maximum Gasteiger partial charge on any atom is 0.257 e. The average Bonchev–Trinajstić information content (AvgIpc) is 2.74. The highest BCUT2D eigenvalue weighted by molar-refractivity contribution is 9.10. The number of anilines is 1. The summed E-state index contributed by atoms with van der Waals surface area (Å²) in [4.78, 5) is 11.7. The van der Waals surface area contributed by atoms with E-state index in [4.69, 9.17) is 0 Å². The minimum absolute atomic E-state index is 0.143. The molecule has 2 rings (SSSR count). The summed E-state index contributed by atoms with van der Waals surface area (Å²) in [6.45, 7) is 0. The van der Waals surface area contributed by atoms with Crippen molar-refractivity contribution in [3.8, 4) is 0 Å². The fraction of sp³-hybridized carbons (Fsp3) is 0. The van der Waals surface area contributed by atoms with Gasteiger partial charge in [0, 0.05) is 11.5 Å². The van der Waals surface area contributed by atoms with Gasteiger partial charge in [-0.1, -0.05) is 10.6 Å². The first kappa shape index (κ1) is 11.2. The van der Waals surface area contributed by atoms with Crippen molar-refractivity contribution < 1.29 is 9.18 Å². The van der Waals surface area contributed by atoms with Gasteiger partial charge in [0.15, 0.2) is 0 Å². The second-order valence-electron chi connectivity index (χ2n) is 2.84. The number of nitrogens with one attached hydrogen (secondary N) is 1. The summed E-state index contributed by atoms with van der Waals surface area (Å²) < 4.78 is 16.9. The van der Waals surface area contributed by atoms with Crippen LogP contribution in [-0.2, 0) is 0 Å². The van der Waals surface area contributed by atoms with E-state index in [1.165, 1.54) is 24.4 Å². The smallest absolute Gasteiger partial charge is 0.257 e. The molecular formula is C9H5BrFN3OS. The van der Waals surface area contributed by atoms with Crippen LogP contribution in [0.5, 0.6) is 0 Å². The maximum atomic E-state index is 13.2. The Kier molecular flexibility index (Phi) is 3.25. The molecule has 0 atom stereocenters. The van der Waals surface area contributed by atoms with Gasteiger partial charge in [0.25, 0.3) is 5.91 Å². The summed E-state index contributed by atoms with van der Waals surface area (Å²) in [5, 5.41) is 6.66. The van der Waals surface area contributed by atoms with Crippen LogP contribution in [0.25, 0.3) is 0 Å². The molecule has 7 heteroatoms. The lowest BCUT2D eigenvalue weighted by atomic mass is 10.2. The number of carbonyl (C=O) groups is 1. The molecule has 0 aliphatic carbocycles. The molecular weight excluding hydrogens is 297 g/mol. The van der Waals surface area contributed by atoms with Crippen molar-refractivity contribution in [1.29, 1.82) is 0 Å². The van der Waals surface area contributed by atoms with E-state index in [-0.39, 0.29) is 10.0 Å². The van der Waals surface area contributed by atoms with Gasteiger partial charge >= 0.3 is 0 Å². The van der Waals surface area contributed by atoms with Crippen LogP contribution in [0, 0.1) is 5.82 Å². The first-order valence-electron chi connectivity index (χ1n) is 4.21.